The molecule has 4 heteroatoms. The van der Waals surface area contributed by atoms with Crippen LogP contribution in [0.1, 0.15) is 15.9 Å². The third-order valence-corrected chi connectivity index (χ3v) is 3.91. The van der Waals surface area contributed by atoms with Gasteiger partial charge in [0, 0.05) is 5.02 Å². The molecule has 0 aliphatic heterocycles. The van der Waals surface area contributed by atoms with E-state index in [1.54, 1.807) is 18.2 Å². The van der Waals surface area contributed by atoms with Crippen molar-refractivity contribution < 1.29 is 9.53 Å². The maximum Gasteiger partial charge on any atom is 0.249 e. The molecule has 0 fully saturated rings. The van der Waals surface area contributed by atoms with E-state index in [1.807, 2.05) is 54.6 Å². The summed E-state index contributed by atoms with van der Waals surface area (Å²) in [6.45, 7) is 0.430. The standard InChI is InChI=1S/C20H16ClNO2/c21-16-8-6-15(7-9-16)18-11-10-17(12-19(18)20(22)23)24-13-14-4-2-1-3-5-14/h1-12H,13H2,(H2,22,23). The molecule has 3 rings (SSSR count). The van der Waals surface area contributed by atoms with Gasteiger partial charge in [-0.2, -0.15) is 0 Å². The molecule has 0 atom stereocenters. The van der Waals surface area contributed by atoms with Crippen molar-refractivity contribution in [1.29, 1.82) is 0 Å². The topological polar surface area (TPSA) is 52.3 Å². The summed E-state index contributed by atoms with van der Waals surface area (Å²) >= 11 is 5.91. The summed E-state index contributed by atoms with van der Waals surface area (Å²) in [5, 5.41) is 0.641. The molecule has 0 saturated heterocycles. The Labute approximate surface area is 145 Å². The van der Waals surface area contributed by atoms with Gasteiger partial charge in [0.2, 0.25) is 5.91 Å². The third-order valence-electron chi connectivity index (χ3n) is 3.66. The maximum atomic E-state index is 11.8. The Morgan fingerprint density at radius 1 is 0.958 bits per heavy atom. The van der Waals surface area contributed by atoms with Crippen LogP contribution >= 0.6 is 11.6 Å². The van der Waals surface area contributed by atoms with Crippen molar-refractivity contribution in [1.82, 2.24) is 0 Å². The van der Waals surface area contributed by atoms with Gasteiger partial charge in [0.15, 0.2) is 0 Å². The predicted octanol–water partition coefficient (Wildman–Crippen LogP) is 4.68. The summed E-state index contributed by atoms with van der Waals surface area (Å²) in [5.74, 6) is 0.107. The second-order valence-electron chi connectivity index (χ2n) is 5.35. The molecule has 0 radical (unpaired) electrons. The Morgan fingerprint density at radius 3 is 2.33 bits per heavy atom. The van der Waals surface area contributed by atoms with Crippen molar-refractivity contribution in [3.63, 3.8) is 0 Å². The number of hydrogen-bond acceptors (Lipinski definition) is 2. The van der Waals surface area contributed by atoms with Gasteiger partial charge in [-0.05, 0) is 47.0 Å². The summed E-state index contributed by atoms with van der Waals surface area (Å²) in [6, 6.07) is 22.4. The van der Waals surface area contributed by atoms with Gasteiger partial charge in [-0.3, -0.25) is 4.79 Å². The van der Waals surface area contributed by atoms with E-state index in [-0.39, 0.29) is 0 Å². The van der Waals surface area contributed by atoms with Crippen molar-refractivity contribution in [3.8, 4) is 16.9 Å². The molecule has 0 aromatic heterocycles. The van der Waals surface area contributed by atoms with Crippen molar-refractivity contribution >= 4 is 17.5 Å². The van der Waals surface area contributed by atoms with Crippen LogP contribution in [-0.2, 0) is 6.61 Å². The Kier molecular flexibility index (Phi) is 4.82. The molecule has 3 nitrogen and oxygen atoms in total. The van der Waals surface area contributed by atoms with Gasteiger partial charge in [0.1, 0.15) is 12.4 Å². The smallest absolute Gasteiger partial charge is 0.249 e. The highest BCUT2D eigenvalue weighted by Gasteiger charge is 2.12. The first kappa shape index (κ1) is 16.1. The summed E-state index contributed by atoms with van der Waals surface area (Å²) < 4.78 is 5.76. The average molecular weight is 338 g/mol. The lowest BCUT2D eigenvalue weighted by Gasteiger charge is -2.11. The van der Waals surface area contributed by atoms with Crippen molar-refractivity contribution in [2.24, 2.45) is 5.73 Å². The molecule has 0 heterocycles. The highest BCUT2D eigenvalue weighted by molar-refractivity contribution is 6.30. The summed E-state index contributed by atoms with van der Waals surface area (Å²) in [7, 11) is 0. The molecule has 120 valence electrons. The zero-order valence-corrected chi connectivity index (χ0v) is 13.7. The van der Waals surface area contributed by atoms with Crippen LogP contribution in [0.4, 0.5) is 0 Å². The van der Waals surface area contributed by atoms with Crippen molar-refractivity contribution in [2.45, 2.75) is 6.61 Å². The minimum atomic E-state index is -0.495. The van der Waals surface area contributed by atoms with Crippen LogP contribution in [0.3, 0.4) is 0 Å². The number of ether oxygens (including phenoxy) is 1. The number of nitrogens with two attached hydrogens (primary N) is 1. The molecule has 0 aliphatic carbocycles. The fraction of sp³-hybridized carbons (Fsp3) is 0.0500. The molecule has 24 heavy (non-hydrogen) atoms. The molecule has 3 aromatic carbocycles. The van der Waals surface area contributed by atoms with Crippen LogP contribution < -0.4 is 10.5 Å². The van der Waals surface area contributed by atoms with Gasteiger partial charge in [-0.25, -0.2) is 0 Å². The van der Waals surface area contributed by atoms with Gasteiger partial charge in [-0.15, -0.1) is 0 Å². The molecule has 0 bridgehead atoms. The van der Waals surface area contributed by atoms with Crippen LogP contribution in [0.2, 0.25) is 5.02 Å². The van der Waals surface area contributed by atoms with E-state index in [4.69, 9.17) is 22.1 Å². The first-order valence-corrected chi connectivity index (χ1v) is 7.88. The van der Waals surface area contributed by atoms with E-state index >= 15 is 0 Å². The lowest BCUT2D eigenvalue weighted by molar-refractivity contribution is 0.100. The summed E-state index contributed by atoms with van der Waals surface area (Å²) in [5.41, 5.74) is 8.65. The maximum absolute atomic E-state index is 11.8. The molecule has 2 N–H and O–H groups in total. The number of halogens is 1. The van der Waals surface area contributed by atoms with Crippen LogP contribution in [0.15, 0.2) is 72.8 Å². The molecule has 0 saturated carbocycles. The highest BCUT2D eigenvalue weighted by Crippen LogP contribution is 2.28. The Hall–Kier alpha value is -2.78. The second-order valence-corrected chi connectivity index (χ2v) is 5.79. The zero-order chi connectivity index (χ0) is 16.9. The number of hydrogen-bond donors (Lipinski definition) is 1. The number of rotatable bonds is 5. The monoisotopic (exact) mass is 337 g/mol. The molecule has 0 aliphatic rings. The molecule has 0 spiro atoms. The van der Waals surface area contributed by atoms with E-state index < -0.39 is 5.91 Å². The largest absolute Gasteiger partial charge is 0.489 e. The molecular formula is C20H16ClNO2. The van der Waals surface area contributed by atoms with Crippen LogP contribution in [0, 0.1) is 0 Å². The highest BCUT2D eigenvalue weighted by atomic mass is 35.5. The van der Waals surface area contributed by atoms with Crippen molar-refractivity contribution in [2.75, 3.05) is 0 Å². The SMILES string of the molecule is NC(=O)c1cc(OCc2ccccc2)ccc1-c1ccc(Cl)cc1. The van der Waals surface area contributed by atoms with Gasteiger partial charge in [0.05, 0.1) is 5.56 Å². The lowest BCUT2D eigenvalue weighted by Crippen LogP contribution is -2.12. The minimum absolute atomic E-state index is 0.419. The quantitative estimate of drug-likeness (QED) is 0.734. The van der Waals surface area contributed by atoms with Crippen molar-refractivity contribution in [3.05, 3.63) is 88.9 Å². The number of benzene rings is 3. The van der Waals surface area contributed by atoms with E-state index in [1.165, 1.54) is 0 Å². The molecular weight excluding hydrogens is 322 g/mol. The fourth-order valence-corrected chi connectivity index (χ4v) is 2.57. The first-order chi connectivity index (χ1) is 11.6. The minimum Gasteiger partial charge on any atom is -0.489 e. The van der Waals surface area contributed by atoms with E-state index in [2.05, 4.69) is 0 Å². The van der Waals surface area contributed by atoms with E-state index in [0.29, 0.717) is 22.9 Å². The Morgan fingerprint density at radius 2 is 1.67 bits per heavy atom. The lowest BCUT2D eigenvalue weighted by atomic mass is 9.99. The van der Waals surface area contributed by atoms with Crippen LogP contribution in [0.25, 0.3) is 11.1 Å². The average Bonchev–Trinajstić information content (AvgIpc) is 2.61. The predicted molar refractivity (Wildman–Crippen MR) is 96.2 cm³/mol. The normalized spacial score (nSPS) is 10.4. The number of amides is 1. The Bertz CT molecular complexity index is 845. The van der Waals surface area contributed by atoms with Gasteiger partial charge in [0.25, 0.3) is 0 Å². The number of carbonyl (C=O) groups excluding carboxylic acids is 1. The zero-order valence-electron chi connectivity index (χ0n) is 12.9. The van der Waals surface area contributed by atoms with E-state index in [9.17, 15) is 4.79 Å². The molecule has 3 aromatic rings. The van der Waals surface area contributed by atoms with E-state index in [0.717, 1.165) is 16.7 Å². The Balaban J connectivity index is 1.87. The van der Waals surface area contributed by atoms with Gasteiger partial charge >= 0.3 is 0 Å². The first-order valence-electron chi connectivity index (χ1n) is 7.50. The van der Waals surface area contributed by atoms with Gasteiger partial charge < -0.3 is 10.5 Å². The van der Waals surface area contributed by atoms with Crippen LogP contribution in [-0.4, -0.2) is 5.91 Å². The molecule has 0 unspecified atom stereocenters. The summed E-state index contributed by atoms with van der Waals surface area (Å²) in [6.07, 6.45) is 0. The second kappa shape index (κ2) is 7.20. The fourth-order valence-electron chi connectivity index (χ4n) is 2.44. The number of carbonyl (C=O) groups is 1. The third kappa shape index (κ3) is 3.76. The summed E-state index contributed by atoms with van der Waals surface area (Å²) in [4.78, 5) is 11.8. The van der Waals surface area contributed by atoms with Crippen LogP contribution in [0.5, 0.6) is 5.75 Å². The van der Waals surface area contributed by atoms with Gasteiger partial charge in [-0.1, -0.05) is 54.1 Å². The number of primary amides is 1. The molecule has 1 amide bonds.